The highest BCUT2D eigenvalue weighted by Gasteiger charge is 2.20. The molecule has 1 nitrogen and oxygen atoms in total. The van der Waals surface area contributed by atoms with Gasteiger partial charge in [0.05, 0.1) is 0 Å². The monoisotopic (exact) mass is 329 g/mol. The molecule has 0 aromatic heterocycles. The Kier molecular flexibility index (Phi) is 7.62. The molecule has 19 heavy (non-hydrogen) atoms. The van der Waals surface area contributed by atoms with E-state index in [4.69, 9.17) is 0 Å². The zero-order chi connectivity index (χ0) is 14.3. The van der Waals surface area contributed by atoms with Crippen LogP contribution < -0.4 is 5.32 Å². The third kappa shape index (κ3) is 5.23. The van der Waals surface area contributed by atoms with E-state index in [1.165, 1.54) is 25.7 Å². The maximum absolute atomic E-state index is 13.9. The lowest BCUT2D eigenvalue weighted by molar-refractivity contribution is 0.320. The molecule has 108 valence electrons. The molecule has 3 heteroatoms. The van der Waals surface area contributed by atoms with E-state index in [2.05, 4.69) is 35.1 Å². The largest absolute Gasteiger partial charge is 0.316 e. The summed E-state index contributed by atoms with van der Waals surface area (Å²) in [7, 11) is 1.98. The van der Waals surface area contributed by atoms with Crippen LogP contribution in [0, 0.1) is 11.7 Å². The van der Waals surface area contributed by atoms with E-state index >= 15 is 0 Å². The highest BCUT2D eigenvalue weighted by molar-refractivity contribution is 9.10. The number of hydrogen-bond donors (Lipinski definition) is 1. The van der Waals surface area contributed by atoms with Crippen molar-refractivity contribution in [2.45, 2.75) is 52.0 Å². The second-order valence-electron chi connectivity index (χ2n) is 5.17. The Morgan fingerprint density at radius 2 is 1.84 bits per heavy atom. The van der Waals surface area contributed by atoms with E-state index in [0.717, 1.165) is 16.5 Å². The third-order valence-corrected chi connectivity index (χ3v) is 4.20. The fraction of sp³-hybridized carbons (Fsp3) is 0.625. The van der Waals surface area contributed by atoms with Crippen LogP contribution in [-0.2, 0) is 6.42 Å². The summed E-state index contributed by atoms with van der Waals surface area (Å²) >= 11 is 3.42. The van der Waals surface area contributed by atoms with Crippen LogP contribution in [0.25, 0.3) is 0 Å². The predicted molar refractivity (Wildman–Crippen MR) is 84.0 cm³/mol. The molecule has 1 aromatic carbocycles. The molecule has 0 saturated carbocycles. The van der Waals surface area contributed by atoms with E-state index in [0.29, 0.717) is 12.0 Å². The summed E-state index contributed by atoms with van der Waals surface area (Å²) in [5.74, 6) is 0.522. The molecule has 0 amide bonds. The molecule has 0 spiro atoms. The Morgan fingerprint density at radius 1 is 1.21 bits per heavy atom. The lowest BCUT2D eigenvalue weighted by Gasteiger charge is -2.27. The molecule has 1 N–H and O–H groups in total. The highest BCUT2D eigenvalue weighted by atomic mass is 79.9. The maximum atomic E-state index is 13.9. The number of rotatable bonds is 8. The zero-order valence-corrected chi connectivity index (χ0v) is 13.8. The summed E-state index contributed by atoms with van der Waals surface area (Å²) in [6.45, 7) is 4.43. The molecule has 0 aliphatic carbocycles. The molecule has 0 bridgehead atoms. The summed E-state index contributed by atoms with van der Waals surface area (Å²) < 4.78 is 14.8. The Labute approximate surface area is 125 Å². The Balaban J connectivity index is 2.81. The second kappa shape index (κ2) is 8.70. The van der Waals surface area contributed by atoms with Crippen LogP contribution in [0.4, 0.5) is 4.39 Å². The average Bonchev–Trinajstić information content (AvgIpc) is 2.39. The van der Waals surface area contributed by atoms with E-state index < -0.39 is 0 Å². The topological polar surface area (TPSA) is 12.0 Å². The van der Waals surface area contributed by atoms with Crippen LogP contribution in [0.5, 0.6) is 0 Å². The minimum atomic E-state index is -0.102. The second-order valence-corrected chi connectivity index (χ2v) is 6.09. The van der Waals surface area contributed by atoms with Crippen LogP contribution in [-0.4, -0.2) is 13.1 Å². The first kappa shape index (κ1) is 16.6. The zero-order valence-electron chi connectivity index (χ0n) is 12.2. The van der Waals surface area contributed by atoms with Crippen molar-refractivity contribution < 1.29 is 4.39 Å². The van der Waals surface area contributed by atoms with E-state index in [1.807, 2.05) is 13.1 Å². The van der Waals surface area contributed by atoms with Gasteiger partial charge in [0, 0.05) is 10.5 Å². The average molecular weight is 330 g/mol. The van der Waals surface area contributed by atoms with Gasteiger partial charge in [0.2, 0.25) is 0 Å². The quantitative estimate of drug-likeness (QED) is 0.712. The van der Waals surface area contributed by atoms with Gasteiger partial charge in [0.15, 0.2) is 0 Å². The Morgan fingerprint density at radius 3 is 2.37 bits per heavy atom. The lowest BCUT2D eigenvalue weighted by atomic mass is 9.86. The molecule has 1 unspecified atom stereocenters. The molecular formula is C16H25BrFN. The number of hydrogen-bond acceptors (Lipinski definition) is 1. The highest BCUT2D eigenvalue weighted by Crippen LogP contribution is 2.23. The van der Waals surface area contributed by atoms with Crippen molar-refractivity contribution in [3.05, 3.63) is 34.1 Å². The molecule has 1 atom stereocenters. The summed E-state index contributed by atoms with van der Waals surface area (Å²) in [5.41, 5.74) is 0.797. The molecule has 0 aliphatic heterocycles. The van der Waals surface area contributed by atoms with Crippen LogP contribution >= 0.6 is 15.9 Å². The van der Waals surface area contributed by atoms with E-state index in [-0.39, 0.29) is 5.82 Å². The normalized spacial score (nSPS) is 12.9. The fourth-order valence-electron chi connectivity index (χ4n) is 2.73. The van der Waals surface area contributed by atoms with Crippen molar-refractivity contribution in [3.8, 4) is 0 Å². The maximum Gasteiger partial charge on any atom is 0.126 e. The molecule has 0 fully saturated rings. The molecule has 0 aliphatic rings. The van der Waals surface area contributed by atoms with Crippen LogP contribution in [0.3, 0.4) is 0 Å². The van der Waals surface area contributed by atoms with Gasteiger partial charge in [-0.3, -0.25) is 0 Å². The van der Waals surface area contributed by atoms with Gasteiger partial charge in [0.1, 0.15) is 5.82 Å². The van der Waals surface area contributed by atoms with E-state index in [1.54, 1.807) is 12.1 Å². The van der Waals surface area contributed by atoms with Gasteiger partial charge < -0.3 is 5.32 Å². The first-order chi connectivity index (χ1) is 9.12. The lowest BCUT2D eigenvalue weighted by Crippen LogP contribution is -2.36. The number of benzene rings is 1. The van der Waals surface area contributed by atoms with Gasteiger partial charge in [-0.2, -0.15) is 0 Å². The molecule has 1 rings (SSSR count). The molecule has 1 aromatic rings. The summed E-state index contributed by atoms with van der Waals surface area (Å²) in [4.78, 5) is 0. The number of likely N-dealkylation sites (N-methyl/N-ethyl adjacent to an activating group) is 1. The van der Waals surface area contributed by atoms with Gasteiger partial charge in [-0.25, -0.2) is 4.39 Å². The van der Waals surface area contributed by atoms with Gasteiger partial charge in [0.25, 0.3) is 0 Å². The predicted octanol–water partition coefficient (Wildman–Crippen LogP) is 4.94. The summed E-state index contributed by atoms with van der Waals surface area (Å²) in [5, 5.41) is 3.38. The van der Waals surface area contributed by atoms with Crippen molar-refractivity contribution in [2.75, 3.05) is 7.05 Å². The summed E-state index contributed by atoms with van der Waals surface area (Å²) in [6, 6.07) is 5.54. The third-order valence-electron chi connectivity index (χ3n) is 3.71. The minimum Gasteiger partial charge on any atom is -0.316 e. The number of halogens is 2. The molecule has 0 saturated heterocycles. The minimum absolute atomic E-state index is 0.102. The van der Waals surface area contributed by atoms with Gasteiger partial charge in [-0.05, 0) is 56.0 Å². The molecule has 0 radical (unpaired) electrons. The Bertz CT molecular complexity index is 375. The van der Waals surface area contributed by atoms with Crippen molar-refractivity contribution in [2.24, 2.45) is 5.92 Å². The Hall–Kier alpha value is -0.410. The first-order valence-corrected chi connectivity index (χ1v) is 8.02. The SMILES string of the molecule is CCCC(CCC)C(Cc1cc(Br)ccc1F)NC. The fourth-order valence-corrected chi connectivity index (χ4v) is 3.14. The van der Waals surface area contributed by atoms with Crippen LogP contribution in [0.1, 0.15) is 45.1 Å². The molecular weight excluding hydrogens is 305 g/mol. The van der Waals surface area contributed by atoms with Gasteiger partial charge in [-0.15, -0.1) is 0 Å². The smallest absolute Gasteiger partial charge is 0.126 e. The van der Waals surface area contributed by atoms with Crippen molar-refractivity contribution in [1.29, 1.82) is 0 Å². The van der Waals surface area contributed by atoms with Crippen molar-refractivity contribution >= 4 is 15.9 Å². The molecule has 0 heterocycles. The standard InChI is InChI=1S/C16H25BrFN/c1-4-6-12(7-5-2)16(19-3)11-13-10-14(17)8-9-15(13)18/h8-10,12,16,19H,4-7,11H2,1-3H3. The van der Waals surface area contributed by atoms with E-state index in [9.17, 15) is 4.39 Å². The first-order valence-electron chi connectivity index (χ1n) is 7.23. The van der Waals surface area contributed by atoms with Gasteiger partial charge >= 0.3 is 0 Å². The van der Waals surface area contributed by atoms with Gasteiger partial charge in [-0.1, -0.05) is 42.6 Å². The van der Waals surface area contributed by atoms with Crippen LogP contribution in [0.15, 0.2) is 22.7 Å². The number of nitrogens with one attached hydrogen (secondary N) is 1. The van der Waals surface area contributed by atoms with Crippen molar-refractivity contribution in [3.63, 3.8) is 0 Å². The van der Waals surface area contributed by atoms with Crippen LogP contribution in [0.2, 0.25) is 0 Å². The summed E-state index contributed by atoms with van der Waals surface area (Å²) in [6.07, 6.45) is 5.53. The van der Waals surface area contributed by atoms with Crippen molar-refractivity contribution in [1.82, 2.24) is 5.32 Å².